The Morgan fingerprint density at radius 2 is 1.56 bits per heavy atom. The van der Waals surface area contributed by atoms with Gasteiger partial charge in [0.05, 0.1) is 47.7 Å². The highest BCUT2D eigenvalue weighted by Crippen LogP contribution is 2.44. The topological polar surface area (TPSA) is 109 Å². The summed E-state index contributed by atoms with van der Waals surface area (Å²) in [6, 6.07) is 20.0. The maximum Gasteiger partial charge on any atom is 0.416 e. The highest BCUT2D eigenvalue weighted by atomic mass is 35.5. The zero-order valence-electron chi connectivity index (χ0n) is 26.7. The third-order valence-electron chi connectivity index (χ3n) is 8.41. The number of carbonyl (C=O) groups excluding carboxylic acids is 1. The number of likely N-dealkylation sites (tertiary alicyclic amines) is 1. The van der Waals surface area contributed by atoms with Crippen molar-refractivity contribution >= 4 is 27.7 Å². The number of carbonyl (C=O) groups is 1. The van der Waals surface area contributed by atoms with Gasteiger partial charge in [-0.15, -0.1) is 11.6 Å². The molecule has 1 N–H and O–H groups in total. The van der Waals surface area contributed by atoms with E-state index < -0.39 is 75.5 Å². The third kappa shape index (κ3) is 9.48. The van der Waals surface area contributed by atoms with Crippen molar-refractivity contribution in [2.24, 2.45) is 0 Å². The molecule has 0 saturated carbocycles. The first kappa shape index (κ1) is 39.0. The van der Waals surface area contributed by atoms with Crippen LogP contribution in [-0.2, 0) is 44.0 Å². The zero-order valence-corrected chi connectivity index (χ0v) is 28.3. The number of piperidine rings is 1. The second-order valence-electron chi connectivity index (χ2n) is 12.0. The fraction of sp³-hybridized carbons (Fsp3) is 0.412. The van der Waals surface area contributed by atoms with Crippen molar-refractivity contribution in [2.45, 2.75) is 62.3 Å². The molecule has 8 nitrogen and oxygen atoms in total. The number of amides is 1. The summed E-state index contributed by atoms with van der Waals surface area (Å²) < 4.78 is 122. The predicted molar refractivity (Wildman–Crippen MR) is 172 cm³/mol. The summed E-state index contributed by atoms with van der Waals surface area (Å²) in [6.45, 7) is 0.0614. The molecule has 1 fully saturated rings. The van der Waals surface area contributed by atoms with Crippen LogP contribution < -0.4 is 4.72 Å². The van der Waals surface area contributed by atoms with Gasteiger partial charge in [-0.05, 0) is 61.1 Å². The van der Waals surface area contributed by atoms with Gasteiger partial charge in [0.1, 0.15) is 12.1 Å². The van der Waals surface area contributed by atoms with Crippen molar-refractivity contribution in [1.82, 2.24) is 9.62 Å². The Hall–Kier alpha value is -3.84. The highest BCUT2D eigenvalue weighted by molar-refractivity contribution is 7.89. The van der Waals surface area contributed by atoms with E-state index in [0.29, 0.717) is 23.3 Å². The Balaban J connectivity index is 1.76. The molecule has 1 aliphatic heterocycles. The first-order valence-electron chi connectivity index (χ1n) is 15.4. The highest BCUT2D eigenvalue weighted by Gasteiger charge is 2.53. The molecule has 1 aliphatic rings. The largest absolute Gasteiger partial charge is 0.445 e. The molecule has 1 saturated heterocycles. The molecule has 3 aromatic carbocycles. The molecular formula is C34H34ClF6N3O5S. The lowest BCUT2D eigenvalue weighted by atomic mass is 9.75. The third-order valence-corrected chi connectivity index (χ3v) is 10.2. The fourth-order valence-corrected chi connectivity index (χ4v) is 7.46. The minimum absolute atomic E-state index is 0.0168. The first-order valence-corrected chi connectivity index (χ1v) is 17.6. The Labute approximate surface area is 291 Å². The van der Waals surface area contributed by atoms with Gasteiger partial charge in [-0.25, -0.2) is 13.2 Å². The van der Waals surface area contributed by atoms with Gasteiger partial charge in [0.15, 0.2) is 0 Å². The summed E-state index contributed by atoms with van der Waals surface area (Å²) in [5.74, 6) is -0.346. The predicted octanol–water partition coefficient (Wildman–Crippen LogP) is 7.94. The summed E-state index contributed by atoms with van der Waals surface area (Å²) in [6.07, 6.45) is -12.7. The lowest BCUT2D eigenvalue weighted by Gasteiger charge is -2.51. The standard InChI is InChI=1S/C34H34ClF6N3O5S/c1-24(26-17-28(33(36,37)38)19-29(18-26)34(39,40)41)49-23-32(27-11-6-3-7-12-27)14-13-31(21-42,43-50(46,47)16-8-15-35)22-44(32)30(45)48-20-25-9-4-2-5-10-25/h2-7,9-12,17-19,24,43H,8,13-16,20,22-23H2,1H3/t24-,31-,32?/m1/s1. The number of alkyl halides is 7. The van der Waals surface area contributed by atoms with Crippen molar-refractivity contribution in [1.29, 1.82) is 5.26 Å². The molecular weight excluding hydrogens is 712 g/mol. The minimum atomic E-state index is -5.08. The van der Waals surface area contributed by atoms with Crippen LogP contribution in [0.2, 0.25) is 0 Å². The van der Waals surface area contributed by atoms with Gasteiger partial charge in [0.2, 0.25) is 10.0 Å². The SMILES string of the molecule is C[C@@H](OCC1(c2ccccc2)CC[C@](C#N)(NS(=O)(=O)CCCCl)CN1C(=O)OCc1ccccc1)c1cc(C(F)(F)F)cc(C(F)(F)F)c1. The number of benzene rings is 3. The van der Waals surface area contributed by atoms with E-state index in [4.69, 9.17) is 21.1 Å². The van der Waals surface area contributed by atoms with E-state index in [1.165, 1.54) is 6.92 Å². The van der Waals surface area contributed by atoms with Crippen LogP contribution >= 0.6 is 11.6 Å². The zero-order chi connectivity index (χ0) is 36.8. The summed E-state index contributed by atoms with van der Waals surface area (Å²) in [4.78, 5) is 15.2. The molecule has 4 rings (SSSR count). The van der Waals surface area contributed by atoms with Gasteiger partial charge < -0.3 is 9.47 Å². The van der Waals surface area contributed by atoms with E-state index >= 15 is 0 Å². The Morgan fingerprint density at radius 1 is 0.980 bits per heavy atom. The van der Waals surface area contributed by atoms with Gasteiger partial charge in [0.25, 0.3) is 0 Å². The summed E-state index contributed by atoms with van der Waals surface area (Å²) in [5, 5.41) is 10.3. The van der Waals surface area contributed by atoms with Crippen LogP contribution in [-0.4, -0.2) is 49.7 Å². The van der Waals surface area contributed by atoms with Crippen molar-refractivity contribution in [3.05, 3.63) is 107 Å². The maximum absolute atomic E-state index is 14.0. The second-order valence-corrected chi connectivity index (χ2v) is 14.2. The average Bonchev–Trinajstić information content (AvgIpc) is 3.08. The number of nitriles is 1. The maximum atomic E-state index is 14.0. The molecule has 1 heterocycles. The first-order chi connectivity index (χ1) is 23.4. The summed E-state index contributed by atoms with van der Waals surface area (Å²) in [5.41, 5.74) is -5.72. The fourth-order valence-electron chi connectivity index (χ4n) is 5.74. The van der Waals surface area contributed by atoms with Crippen LogP contribution in [0.4, 0.5) is 31.1 Å². The number of hydrogen-bond acceptors (Lipinski definition) is 6. The second kappa shape index (κ2) is 15.6. The van der Waals surface area contributed by atoms with E-state index in [2.05, 4.69) is 4.72 Å². The minimum Gasteiger partial charge on any atom is -0.445 e. The lowest BCUT2D eigenvalue weighted by molar-refractivity contribution is -0.143. The van der Waals surface area contributed by atoms with Crippen molar-refractivity contribution in [2.75, 3.05) is 24.8 Å². The number of halogens is 7. The number of sulfonamides is 1. The molecule has 0 aromatic heterocycles. The van der Waals surface area contributed by atoms with Crippen LogP contribution in [0.15, 0.2) is 78.9 Å². The average molecular weight is 746 g/mol. The van der Waals surface area contributed by atoms with E-state index in [-0.39, 0.29) is 43.6 Å². The van der Waals surface area contributed by atoms with Crippen LogP contribution in [0.3, 0.4) is 0 Å². The molecule has 50 heavy (non-hydrogen) atoms. The number of rotatable bonds is 12. The van der Waals surface area contributed by atoms with Crippen molar-refractivity contribution in [3.8, 4) is 6.07 Å². The number of hydrogen-bond donors (Lipinski definition) is 1. The molecule has 0 spiro atoms. The number of nitrogens with zero attached hydrogens (tertiary/aromatic N) is 2. The van der Waals surface area contributed by atoms with E-state index in [1.54, 1.807) is 60.7 Å². The van der Waals surface area contributed by atoms with Crippen LogP contribution in [0.5, 0.6) is 0 Å². The molecule has 0 aliphatic carbocycles. The quantitative estimate of drug-likeness (QED) is 0.149. The van der Waals surface area contributed by atoms with Gasteiger partial charge in [0, 0.05) is 5.88 Å². The molecule has 3 atom stereocenters. The van der Waals surface area contributed by atoms with Gasteiger partial charge >= 0.3 is 18.4 Å². The molecule has 270 valence electrons. The van der Waals surface area contributed by atoms with Gasteiger partial charge in [-0.2, -0.15) is 36.3 Å². The van der Waals surface area contributed by atoms with Crippen molar-refractivity contribution < 1.29 is 49.0 Å². The van der Waals surface area contributed by atoms with Crippen LogP contribution in [0, 0.1) is 11.3 Å². The Bertz CT molecular complexity index is 1740. The smallest absolute Gasteiger partial charge is 0.416 e. The van der Waals surface area contributed by atoms with E-state index in [9.17, 15) is 44.8 Å². The molecule has 1 amide bonds. The summed E-state index contributed by atoms with van der Waals surface area (Å²) in [7, 11) is -4.07. The van der Waals surface area contributed by atoms with Gasteiger partial charge in [-0.1, -0.05) is 60.7 Å². The summed E-state index contributed by atoms with van der Waals surface area (Å²) >= 11 is 5.69. The molecule has 0 bridgehead atoms. The number of ether oxygens (including phenoxy) is 2. The van der Waals surface area contributed by atoms with Crippen LogP contribution in [0.25, 0.3) is 0 Å². The lowest BCUT2D eigenvalue weighted by Crippen LogP contribution is -2.66. The Kier molecular flexibility index (Phi) is 12.1. The molecule has 3 aromatic rings. The van der Waals surface area contributed by atoms with Gasteiger partial charge in [-0.3, -0.25) is 4.90 Å². The monoisotopic (exact) mass is 745 g/mol. The molecule has 1 unspecified atom stereocenters. The molecule has 16 heteroatoms. The molecule has 0 radical (unpaired) electrons. The van der Waals surface area contributed by atoms with Crippen molar-refractivity contribution in [3.63, 3.8) is 0 Å². The Morgan fingerprint density at radius 3 is 2.10 bits per heavy atom. The normalized spacial score (nSPS) is 20.6. The number of nitrogens with one attached hydrogen (secondary N) is 1. The van der Waals surface area contributed by atoms with E-state index in [0.717, 1.165) is 4.90 Å². The van der Waals surface area contributed by atoms with E-state index in [1.807, 2.05) is 6.07 Å². The van der Waals surface area contributed by atoms with Crippen LogP contribution in [0.1, 0.15) is 60.1 Å².